The second kappa shape index (κ2) is 5.40. The van der Waals surface area contributed by atoms with E-state index in [4.69, 9.17) is 10.5 Å². The number of rotatable bonds is 4. The molecule has 106 valence electrons. The van der Waals surface area contributed by atoms with Gasteiger partial charge >= 0.3 is 0 Å². The summed E-state index contributed by atoms with van der Waals surface area (Å²) in [5, 5.41) is 2.91. The van der Waals surface area contributed by atoms with Crippen molar-refractivity contribution in [2.75, 3.05) is 18.2 Å². The summed E-state index contributed by atoms with van der Waals surface area (Å²) in [5.41, 5.74) is 6.96. The summed E-state index contributed by atoms with van der Waals surface area (Å²) in [6.45, 7) is 0. The minimum Gasteiger partial charge on any atom is -0.494 e. The van der Waals surface area contributed by atoms with Crippen molar-refractivity contribution in [2.24, 2.45) is 0 Å². The first-order valence-electron chi connectivity index (χ1n) is 5.69. The van der Waals surface area contributed by atoms with Gasteiger partial charge in [0.15, 0.2) is 0 Å². The molecule has 0 spiro atoms. The van der Waals surface area contributed by atoms with Crippen molar-refractivity contribution in [1.29, 1.82) is 0 Å². The van der Waals surface area contributed by atoms with Crippen LogP contribution >= 0.6 is 0 Å². The molecule has 20 heavy (non-hydrogen) atoms. The fourth-order valence-corrected chi connectivity index (χ4v) is 2.40. The Balaban J connectivity index is 2.46. The van der Waals surface area contributed by atoms with Crippen LogP contribution < -0.4 is 15.8 Å². The summed E-state index contributed by atoms with van der Waals surface area (Å²) >= 11 is 0. The number of nitrogens with one attached hydrogen (secondary N) is 1. The van der Waals surface area contributed by atoms with Crippen molar-refractivity contribution in [3.8, 4) is 5.75 Å². The van der Waals surface area contributed by atoms with E-state index in [1.807, 2.05) is 0 Å². The number of hydrogen-bond acceptors (Lipinski definition) is 5. The van der Waals surface area contributed by atoms with E-state index in [1.165, 1.54) is 19.2 Å². The van der Waals surface area contributed by atoms with Gasteiger partial charge < -0.3 is 15.8 Å². The normalized spacial score (nSPS) is 11.1. The number of methoxy groups -OCH3 is 1. The maximum atomic E-state index is 11.3. The van der Waals surface area contributed by atoms with Crippen molar-refractivity contribution in [1.82, 2.24) is 0 Å². The van der Waals surface area contributed by atoms with Crippen LogP contribution in [0.1, 0.15) is 0 Å². The van der Waals surface area contributed by atoms with Gasteiger partial charge in [0.1, 0.15) is 10.6 Å². The Morgan fingerprint density at radius 1 is 1.15 bits per heavy atom. The third-order valence-corrected chi connectivity index (χ3v) is 3.57. The van der Waals surface area contributed by atoms with E-state index in [1.54, 1.807) is 30.3 Å². The van der Waals surface area contributed by atoms with Gasteiger partial charge in [-0.05, 0) is 24.3 Å². The molecule has 0 radical (unpaired) electrons. The van der Waals surface area contributed by atoms with Crippen LogP contribution in [0.15, 0.2) is 47.4 Å². The van der Waals surface area contributed by atoms with Gasteiger partial charge in [0, 0.05) is 11.8 Å². The number of anilines is 3. The second-order valence-electron chi connectivity index (χ2n) is 4.06. The lowest BCUT2D eigenvalue weighted by Gasteiger charge is -2.13. The van der Waals surface area contributed by atoms with Crippen LogP contribution in [0.25, 0.3) is 0 Å². The molecule has 0 saturated heterocycles. The first-order chi connectivity index (χ1) is 9.41. The average molecular weight is 294 g/mol. The fraction of sp³-hybridized carbons (Fsp3) is 0.0769. The van der Waals surface area contributed by atoms with Crippen molar-refractivity contribution in [3.05, 3.63) is 42.5 Å². The summed E-state index contributed by atoms with van der Waals surface area (Å²) < 4.78 is 37.0. The van der Waals surface area contributed by atoms with E-state index < -0.39 is 10.1 Å². The molecular weight excluding hydrogens is 280 g/mol. The predicted octanol–water partition coefficient (Wildman–Crippen LogP) is 2.27. The second-order valence-corrected chi connectivity index (χ2v) is 5.45. The quantitative estimate of drug-likeness (QED) is 0.590. The minimum atomic E-state index is -4.31. The van der Waals surface area contributed by atoms with Gasteiger partial charge in [-0.3, -0.25) is 4.55 Å². The molecular formula is C13H14N2O4S. The number of para-hydroxylation sites is 1. The summed E-state index contributed by atoms with van der Waals surface area (Å²) in [7, 11) is -2.83. The summed E-state index contributed by atoms with van der Waals surface area (Å²) in [6.07, 6.45) is 0. The fourth-order valence-electron chi connectivity index (χ4n) is 1.75. The average Bonchev–Trinajstić information content (AvgIpc) is 2.40. The van der Waals surface area contributed by atoms with Crippen LogP contribution in [0.2, 0.25) is 0 Å². The van der Waals surface area contributed by atoms with Crippen LogP contribution in [0.4, 0.5) is 17.1 Å². The van der Waals surface area contributed by atoms with Gasteiger partial charge in [0.2, 0.25) is 0 Å². The van der Waals surface area contributed by atoms with Crippen LogP contribution in [0.5, 0.6) is 5.75 Å². The molecule has 7 heteroatoms. The van der Waals surface area contributed by atoms with Crippen LogP contribution in [-0.2, 0) is 10.1 Å². The Kier molecular flexibility index (Phi) is 3.82. The Hall–Kier alpha value is -2.25. The predicted molar refractivity (Wildman–Crippen MR) is 76.9 cm³/mol. The molecule has 0 amide bonds. The lowest BCUT2D eigenvalue weighted by molar-refractivity contribution is 0.417. The SMILES string of the molecule is COc1cc(N)ccc1Nc1ccccc1S(=O)(=O)O. The summed E-state index contributed by atoms with van der Waals surface area (Å²) in [4.78, 5) is -0.209. The molecule has 2 rings (SSSR count). The van der Waals surface area contributed by atoms with Crippen LogP contribution in [0.3, 0.4) is 0 Å². The maximum Gasteiger partial charge on any atom is 0.296 e. The molecule has 4 N–H and O–H groups in total. The third-order valence-electron chi connectivity index (χ3n) is 2.66. The largest absolute Gasteiger partial charge is 0.494 e. The minimum absolute atomic E-state index is 0.209. The lowest BCUT2D eigenvalue weighted by atomic mass is 10.2. The molecule has 0 atom stereocenters. The number of hydrogen-bond donors (Lipinski definition) is 3. The number of nitrogens with two attached hydrogens (primary N) is 1. The van der Waals surface area contributed by atoms with Gasteiger partial charge in [0.05, 0.1) is 18.5 Å². The zero-order chi connectivity index (χ0) is 14.8. The lowest BCUT2D eigenvalue weighted by Crippen LogP contribution is -2.04. The molecule has 0 fully saturated rings. The molecule has 0 saturated carbocycles. The Bertz CT molecular complexity index is 729. The summed E-state index contributed by atoms with van der Waals surface area (Å²) in [5.74, 6) is 0.468. The van der Waals surface area contributed by atoms with Crippen molar-refractivity contribution in [2.45, 2.75) is 4.90 Å². The van der Waals surface area contributed by atoms with E-state index in [9.17, 15) is 13.0 Å². The first kappa shape index (κ1) is 14.2. The Morgan fingerprint density at radius 2 is 1.85 bits per heavy atom. The van der Waals surface area contributed by atoms with E-state index in [-0.39, 0.29) is 10.6 Å². The van der Waals surface area contributed by atoms with Gasteiger partial charge in [-0.1, -0.05) is 12.1 Å². The molecule has 0 heterocycles. The standard InChI is InChI=1S/C13H14N2O4S/c1-19-12-8-9(14)6-7-10(12)15-11-4-2-3-5-13(11)20(16,17)18/h2-8,15H,14H2,1H3,(H,16,17,18). The maximum absolute atomic E-state index is 11.3. The molecule has 0 aliphatic rings. The van der Waals surface area contributed by atoms with Crippen molar-refractivity contribution >= 4 is 27.2 Å². The summed E-state index contributed by atoms with van der Waals surface area (Å²) in [6, 6.07) is 10.9. The molecule has 6 nitrogen and oxygen atoms in total. The molecule has 0 unspecified atom stereocenters. The van der Waals surface area contributed by atoms with Crippen molar-refractivity contribution in [3.63, 3.8) is 0 Å². The van der Waals surface area contributed by atoms with E-state index in [0.29, 0.717) is 17.1 Å². The smallest absolute Gasteiger partial charge is 0.296 e. The van der Waals surface area contributed by atoms with E-state index in [0.717, 1.165) is 0 Å². The number of benzene rings is 2. The molecule has 0 aliphatic carbocycles. The number of nitrogen functional groups attached to an aromatic ring is 1. The zero-order valence-corrected chi connectivity index (χ0v) is 11.5. The van der Waals surface area contributed by atoms with Crippen LogP contribution in [0, 0.1) is 0 Å². The zero-order valence-electron chi connectivity index (χ0n) is 10.7. The van der Waals surface area contributed by atoms with Crippen LogP contribution in [-0.4, -0.2) is 20.1 Å². The van der Waals surface area contributed by atoms with Gasteiger partial charge in [-0.2, -0.15) is 8.42 Å². The topological polar surface area (TPSA) is 102 Å². The molecule has 0 bridgehead atoms. The Morgan fingerprint density at radius 3 is 2.50 bits per heavy atom. The highest BCUT2D eigenvalue weighted by molar-refractivity contribution is 7.86. The van der Waals surface area contributed by atoms with Gasteiger partial charge in [-0.25, -0.2) is 0 Å². The van der Waals surface area contributed by atoms with Crippen molar-refractivity contribution < 1.29 is 17.7 Å². The monoisotopic (exact) mass is 294 g/mol. The van der Waals surface area contributed by atoms with Gasteiger partial charge in [0.25, 0.3) is 10.1 Å². The Labute approximate surface area is 116 Å². The molecule has 0 aliphatic heterocycles. The molecule has 0 aromatic heterocycles. The first-order valence-corrected chi connectivity index (χ1v) is 7.13. The number of ether oxygens (including phenoxy) is 1. The highest BCUT2D eigenvalue weighted by Gasteiger charge is 2.15. The van der Waals surface area contributed by atoms with E-state index >= 15 is 0 Å². The highest BCUT2D eigenvalue weighted by Crippen LogP contribution is 2.31. The van der Waals surface area contributed by atoms with Gasteiger partial charge in [-0.15, -0.1) is 0 Å². The third kappa shape index (κ3) is 3.01. The molecule has 2 aromatic carbocycles. The van der Waals surface area contributed by atoms with E-state index in [2.05, 4.69) is 5.32 Å². The molecule has 2 aromatic rings. The highest BCUT2D eigenvalue weighted by atomic mass is 32.2.